The van der Waals surface area contributed by atoms with Crippen LogP contribution in [0.3, 0.4) is 0 Å². The van der Waals surface area contributed by atoms with Crippen molar-refractivity contribution >= 4 is 11.4 Å². The molecule has 1 aliphatic rings. The Balaban J connectivity index is 1.73. The molecule has 1 saturated carbocycles. The van der Waals surface area contributed by atoms with Gasteiger partial charge in [0, 0.05) is 18.2 Å². The SMILES string of the molecule is CCO[C@@H]1CC[C@@H](Nc2ccc(-c3c(C)noc3C)cc2N)C1. The number of benzene rings is 1. The summed E-state index contributed by atoms with van der Waals surface area (Å²) in [6, 6.07) is 6.54. The first-order valence-corrected chi connectivity index (χ1v) is 8.29. The van der Waals surface area contributed by atoms with Gasteiger partial charge in [0.15, 0.2) is 0 Å². The standard InChI is InChI=1S/C18H25N3O2/c1-4-22-15-7-6-14(10-15)20-17-8-5-13(9-16(17)19)18-11(2)21-23-12(18)3/h5,8-9,14-15,20H,4,6-7,10,19H2,1-3H3/t14-,15-/m1/s1. The van der Waals surface area contributed by atoms with E-state index in [4.69, 9.17) is 15.0 Å². The van der Waals surface area contributed by atoms with Crippen LogP contribution in [-0.4, -0.2) is 23.9 Å². The minimum absolute atomic E-state index is 0.375. The third-order valence-electron chi connectivity index (χ3n) is 4.52. The van der Waals surface area contributed by atoms with Crippen LogP contribution in [0.5, 0.6) is 0 Å². The van der Waals surface area contributed by atoms with Crippen LogP contribution in [0.25, 0.3) is 11.1 Å². The molecule has 124 valence electrons. The van der Waals surface area contributed by atoms with Gasteiger partial charge in [-0.25, -0.2) is 0 Å². The summed E-state index contributed by atoms with van der Waals surface area (Å²) in [5.74, 6) is 0.818. The van der Waals surface area contributed by atoms with Crippen molar-refractivity contribution in [1.82, 2.24) is 5.16 Å². The quantitative estimate of drug-likeness (QED) is 0.818. The van der Waals surface area contributed by atoms with Crippen LogP contribution in [0.2, 0.25) is 0 Å². The fourth-order valence-electron chi connectivity index (χ4n) is 3.42. The maximum Gasteiger partial charge on any atom is 0.141 e. The van der Waals surface area contributed by atoms with E-state index in [1.54, 1.807) is 0 Å². The lowest BCUT2D eigenvalue weighted by Gasteiger charge is -2.17. The van der Waals surface area contributed by atoms with Gasteiger partial charge in [0.05, 0.1) is 23.2 Å². The van der Waals surface area contributed by atoms with Crippen LogP contribution >= 0.6 is 0 Å². The van der Waals surface area contributed by atoms with Gasteiger partial charge in [-0.15, -0.1) is 0 Å². The third kappa shape index (κ3) is 3.34. The summed E-state index contributed by atoms with van der Waals surface area (Å²) in [4.78, 5) is 0. The monoisotopic (exact) mass is 315 g/mol. The molecule has 2 aromatic rings. The van der Waals surface area contributed by atoms with Gasteiger partial charge in [-0.1, -0.05) is 11.2 Å². The molecule has 1 aromatic heterocycles. The van der Waals surface area contributed by atoms with Crippen molar-refractivity contribution in [2.75, 3.05) is 17.7 Å². The molecular weight excluding hydrogens is 290 g/mol. The van der Waals surface area contributed by atoms with Gasteiger partial charge in [0.1, 0.15) is 5.76 Å². The molecule has 0 aliphatic heterocycles. The van der Waals surface area contributed by atoms with E-state index in [9.17, 15) is 0 Å². The van der Waals surface area contributed by atoms with E-state index in [0.717, 1.165) is 59.8 Å². The van der Waals surface area contributed by atoms with Crippen molar-refractivity contribution in [3.05, 3.63) is 29.7 Å². The van der Waals surface area contributed by atoms with Gasteiger partial charge >= 0.3 is 0 Å². The van der Waals surface area contributed by atoms with Crippen molar-refractivity contribution in [3.8, 4) is 11.1 Å². The molecule has 0 amide bonds. The first-order chi connectivity index (χ1) is 11.1. The van der Waals surface area contributed by atoms with Crippen LogP contribution in [0.15, 0.2) is 22.7 Å². The summed E-state index contributed by atoms with van der Waals surface area (Å²) in [6.07, 6.45) is 3.65. The van der Waals surface area contributed by atoms with Crippen LogP contribution in [0.4, 0.5) is 11.4 Å². The Kier molecular flexibility index (Phi) is 4.57. The van der Waals surface area contributed by atoms with Crippen LogP contribution < -0.4 is 11.1 Å². The van der Waals surface area contributed by atoms with Gasteiger partial charge in [-0.3, -0.25) is 0 Å². The van der Waals surface area contributed by atoms with Gasteiger partial charge in [0.25, 0.3) is 0 Å². The summed E-state index contributed by atoms with van der Waals surface area (Å²) in [6.45, 7) is 6.70. The zero-order valence-corrected chi connectivity index (χ0v) is 14.1. The number of aromatic nitrogens is 1. The Morgan fingerprint density at radius 2 is 2.17 bits per heavy atom. The lowest BCUT2D eigenvalue weighted by atomic mass is 10.0. The zero-order chi connectivity index (χ0) is 16.4. The highest BCUT2D eigenvalue weighted by molar-refractivity contribution is 5.77. The fourth-order valence-corrected chi connectivity index (χ4v) is 3.42. The van der Waals surface area contributed by atoms with Crippen molar-refractivity contribution < 1.29 is 9.26 Å². The highest BCUT2D eigenvalue weighted by atomic mass is 16.5. The molecule has 5 nitrogen and oxygen atoms in total. The highest BCUT2D eigenvalue weighted by Crippen LogP contribution is 2.33. The highest BCUT2D eigenvalue weighted by Gasteiger charge is 2.25. The van der Waals surface area contributed by atoms with E-state index in [1.807, 2.05) is 32.9 Å². The summed E-state index contributed by atoms with van der Waals surface area (Å²) < 4.78 is 10.9. The normalized spacial score (nSPS) is 20.8. The van der Waals surface area contributed by atoms with Gasteiger partial charge in [-0.05, 0) is 57.7 Å². The van der Waals surface area contributed by atoms with E-state index in [0.29, 0.717) is 12.1 Å². The lowest BCUT2D eigenvalue weighted by molar-refractivity contribution is 0.0679. The lowest BCUT2D eigenvalue weighted by Crippen LogP contribution is -2.18. The molecule has 2 atom stereocenters. The number of rotatable bonds is 5. The number of ether oxygens (including phenoxy) is 1. The maximum atomic E-state index is 6.25. The average Bonchev–Trinajstić information content (AvgIpc) is 3.09. The Labute approximate surface area is 137 Å². The Bertz CT molecular complexity index is 661. The minimum Gasteiger partial charge on any atom is -0.397 e. The molecule has 5 heteroatoms. The summed E-state index contributed by atoms with van der Waals surface area (Å²) in [5.41, 5.74) is 11.0. The topological polar surface area (TPSA) is 73.3 Å². The largest absolute Gasteiger partial charge is 0.397 e. The Hall–Kier alpha value is -2.01. The molecule has 0 bridgehead atoms. The summed E-state index contributed by atoms with van der Waals surface area (Å²) in [5, 5.41) is 7.56. The molecule has 0 spiro atoms. The molecule has 1 fully saturated rings. The number of nitrogen functional groups attached to an aromatic ring is 1. The first kappa shape index (κ1) is 15.9. The van der Waals surface area contributed by atoms with Gasteiger partial charge in [0.2, 0.25) is 0 Å². The van der Waals surface area contributed by atoms with Crippen LogP contribution in [0, 0.1) is 13.8 Å². The number of nitrogens with one attached hydrogen (secondary N) is 1. The molecule has 3 N–H and O–H groups in total. The number of anilines is 2. The van der Waals surface area contributed by atoms with Crippen molar-refractivity contribution in [2.45, 2.75) is 52.2 Å². The fraction of sp³-hybridized carbons (Fsp3) is 0.500. The number of aryl methyl sites for hydroxylation is 2. The number of nitrogens with zero attached hydrogens (tertiary/aromatic N) is 1. The van der Waals surface area contributed by atoms with E-state index < -0.39 is 0 Å². The Morgan fingerprint density at radius 1 is 1.35 bits per heavy atom. The second-order valence-electron chi connectivity index (χ2n) is 6.23. The number of hydrogen-bond acceptors (Lipinski definition) is 5. The molecule has 0 saturated heterocycles. The summed E-state index contributed by atoms with van der Waals surface area (Å²) in [7, 11) is 0. The molecule has 1 aliphatic carbocycles. The average molecular weight is 315 g/mol. The van der Waals surface area contributed by atoms with E-state index in [1.165, 1.54) is 0 Å². The molecule has 0 radical (unpaired) electrons. The molecule has 0 unspecified atom stereocenters. The number of nitrogens with two attached hydrogens (primary N) is 1. The number of hydrogen-bond donors (Lipinski definition) is 2. The minimum atomic E-state index is 0.375. The van der Waals surface area contributed by atoms with Gasteiger partial charge < -0.3 is 20.3 Å². The van der Waals surface area contributed by atoms with Crippen molar-refractivity contribution in [2.24, 2.45) is 0 Å². The second-order valence-corrected chi connectivity index (χ2v) is 6.23. The molecule has 1 heterocycles. The Morgan fingerprint density at radius 3 is 2.83 bits per heavy atom. The van der Waals surface area contributed by atoms with E-state index >= 15 is 0 Å². The summed E-state index contributed by atoms with van der Waals surface area (Å²) >= 11 is 0. The first-order valence-electron chi connectivity index (χ1n) is 8.29. The third-order valence-corrected chi connectivity index (χ3v) is 4.52. The van der Waals surface area contributed by atoms with Crippen LogP contribution in [-0.2, 0) is 4.74 Å². The predicted molar refractivity (Wildman–Crippen MR) is 92.5 cm³/mol. The van der Waals surface area contributed by atoms with Crippen molar-refractivity contribution in [3.63, 3.8) is 0 Å². The maximum absolute atomic E-state index is 6.25. The molecule has 23 heavy (non-hydrogen) atoms. The molecule has 3 rings (SSSR count). The van der Waals surface area contributed by atoms with Crippen molar-refractivity contribution in [1.29, 1.82) is 0 Å². The van der Waals surface area contributed by atoms with Crippen LogP contribution in [0.1, 0.15) is 37.6 Å². The van der Waals surface area contributed by atoms with E-state index in [2.05, 4.69) is 16.5 Å². The molecular formula is C18H25N3O2. The zero-order valence-electron chi connectivity index (χ0n) is 14.1. The molecule has 1 aromatic carbocycles. The van der Waals surface area contributed by atoms with E-state index in [-0.39, 0.29) is 0 Å². The predicted octanol–water partition coefficient (Wildman–Crippen LogP) is 3.91. The van der Waals surface area contributed by atoms with Gasteiger partial charge in [-0.2, -0.15) is 0 Å². The second kappa shape index (κ2) is 6.62. The smallest absolute Gasteiger partial charge is 0.141 e.